The molecular weight excluding hydrogens is 470 g/mol. The fourth-order valence-corrected chi connectivity index (χ4v) is 5.72. The number of nitrogens with zero attached hydrogens (tertiary/aromatic N) is 1. The summed E-state index contributed by atoms with van der Waals surface area (Å²) in [5.74, 6) is 0.606. The molecule has 3 aromatic carbocycles. The first-order chi connectivity index (χ1) is 15.9. The fourth-order valence-electron chi connectivity index (χ4n) is 4.37. The standard InChI is InChI=1S/C27H31NO4S.ClH/c1-21-14-24(20-33(30,31)27-7-3-2-4-8-27)16-26(15-21)32-19-23-11-9-22(10-12-23)17-28-13-5-6-25(28)18-29;/h2-4,7-12,14-16,25,29H,5-6,13,17-20H2,1H3;1H. The molecular formula is C27H32ClNO4S. The number of likely N-dealkylation sites (tertiary alicyclic amines) is 1. The van der Waals surface area contributed by atoms with Crippen LogP contribution in [-0.2, 0) is 28.7 Å². The molecule has 34 heavy (non-hydrogen) atoms. The van der Waals surface area contributed by atoms with Crippen LogP contribution in [0.4, 0.5) is 0 Å². The molecule has 1 fully saturated rings. The minimum absolute atomic E-state index is 0. The Hall–Kier alpha value is -2.38. The molecule has 1 N–H and O–H groups in total. The number of ether oxygens (including phenoxy) is 1. The van der Waals surface area contributed by atoms with Crippen molar-refractivity contribution in [3.05, 3.63) is 95.1 Å². The molecule has 0 aromatic heterocycles. The Morgan fingerprint density at radius 1 is 0.971 bits per heavy atom. The summed E-state index contributed by atoms with van der Waals surface area (Å²) in [5, 5.41) is 9.50. The van der Waals surface area contributed by atoms with E-state index in [1.54, 1.807) is 24.3 Å². The van der Waals surface area contributed by atoms with Gasteiger partial charge in [-0.05, 0) is 72.8 Å². The second-order valence-electron chi connectivity index (χ2n) is 8.78. The van der Waals surface area contributed by atoms with Gasteiger partial charge in [0, 0.05) is 12.6 Å². The van der Waals surface area contributed by atoms with Crippen molar-refractivity contribution in [1.82, 2.24) is 4.90 Å². The normalized spacial score (nSPS) is 16.2. The topological polar surface area (TPSA) is 66.8 Å². The van der Waals surface area contributed by atoms with Crippen LogP contribution in [0.15, 0.2) is 77.7 Å². The van der Waals surface area contributed by atoms with Crippen molar-refractivity contribution < 1.29 is 18.3 Å². The Morgan fingerprint density at radius 2 is 1.68 bits per heavy atom. The SMILES string of the molecule is Cc1cc(CS(=O)(=O)c2ccccc2)cc(OCc2ccc(CN3CCCC3CO)cc2)c1.Cl. The van der Waals surface area contributed by atoms with Crippen LogP contribution < -0.4 is 4.74 Å². The third-order valence-electron chi connectivity index (χ3n) is 6.09. The predicted octanol–water partition coefficient (Wildman–Crippen LogP) is 4.93. The monoisotopic (exact) mass is 501 g/mol. The maximum atomic E-state index is 12.7. The summed E-state index contributed by atoms with van der Waals surface area (Å²) >= 11 is 0. The van der Waals surface area contributed by atoms with E-state index in [0.717, 1.165) is 37.1 Å². The van der Waals surface area contributed by atoms with E-state index in [-0.39, 0.29) is 30.8 Å². The highest BCUT2D eigenvalue weighted by atomic mass is 35.5. The Labute approximate surface area is 208 Å². The number of aliphatic hydroxyl groups excluding tert-OH is 1. The molecule has 1 atom stereocenters. The highest BCUT2D eigenvalue weighted by Gasteiger charge is 2.23. The lowest BCUT2D eigenvalue weighted by Crippen LogP contribution is -2.31. The summed E-state index contributed by atoms with van der Waals surface area (Å²) in [5.41, 5.74) is 3.96. The van der Waals surface area contributed by atoms with Crippen LogP contribution in [0.5, 0.6) is 5.75 Å². The first kappa shape index (κ1) is 26.2. The van der Waals surface area contributed by atoms with Crippen molar-refractivity contribution in [3.63, 3.8) is 0 Å². The number of rotatable bonds is 9. The molecule has 1 unspecified atom stereocenters. The lowest BCUT2D eigenvalue weighted by atomic mass is 10.1. The molecule has 1 aliphatic heterocycles. The maximum Gasteiger partial charge on any atom is 0.182 e. The molecule has 4 rings (SSSR count). The van der Waals surface area contributed by atoms with Gasteiger partial charge in [0.2, 0.25) is 0 Å². The van der Waals surface area contributed by atoms with Crippen molar-refractivity contribution in [2.24, 2.45) is 0 Å². The Morgan fingerprint density at radius 3 is 2.38 bits per heavy atom. The molecule has 5 nitrogen and oxygen atoms in total. The molecule has 3 aromatic rings. The fraction of sp³-hybridized carbons (Fsp3) is 0.333. The minimum Gasteiger partial charge on any atom is -0.489 e. The second kappa shape index (κ2) is 11.8. The van der Waals surface area contributed by atoms with Crippen LogP contribution in [0.25, 0.3) is 0 Å². The van der Waals surface area contributed by atoms with E-state index >= 15 is 0 Å². The first-order valence-electron chi connectivity index (χ1n) is 11.4. The van der Waals surface area contributed by atoms with E-state index < -0.39 is 9.84 Å². The number of benzene rings is 3. The van der Waals surface area contributed by atoms with Crippen LogP contribution in [0.2, 0.25) is 0 Å². The Kier molecular flexibility index (Phi) is 9.14. The molecule has 1 heterocycles. The lowest BCUT2D eigenvalue weighted by Gasteiger charge is -2.22. The summed E-state index contributed by atoms with van der Waals surface area (Å²) in [6, 6.07) is 22.8. The number of hydrogen-bond acceptors (Lipinski definition) is 5. The smallest absolute Gasteiger partial charge is 0.182 e. The van der Waals surface area contributed by atoms with Crippen LogP contribution >= 0.6 is 12.4 Å². The summed E-state index contributed by atoms with van der Waals surface area (Å²) < 4.78 is 31.5. The summed E-state index contributed by atoms with van der Waals surface area (Å²) in [7, 11) is -3.41. The number of aliphatic hydroxyl groups is 1. The molecule has 0 amide bonds. The quantitative estimate of drug-likeness (QED) is 0.450. The van der Waals surface area contributed by atoms with E-state index in [1.165, 1.54) is 5.56 Å². The molecule has 7 heteroatoms. The molecule has 0 aliphatic carbocycles. The van der Waals surface area contributed by atoms with Gasteiger partial charge in [-0.25, -0.2) is 8.42 Å². The minimum atomic E-state index is -3.41. The van der Waals surface area contributed by atoms with Gasteiger partial charge in [-0.15, -0.1) is 12.4 Å². The third-order valence-corrected chi connectivity index (χ3v) is 7.80. The van der Waals surface area contributed by atoms with E-state index in [1.807, 2.05) is 31.2 Å². The van der Waals surface area contributed by atoms with Crippen LogP contribution in [0.3, 0.4) is 0 Å². The van der Waals surface area contributed by atoms with Crippen LogP contribution in [0.1, 0.15) is 35.1 Å². The zero-order chi connectivity index (χ0) is 23.3. The summed E-state index contributed by atoms with van der Waals surface area (Å²) in [6.07, 6.45) is 2.20. The number of hydrogen-bond donors (Lipinski definition) is 1. The van der Waals surface area contributed by atoms with Crippen molar-refractivity contribution in [2.75, 3.05) is 13.2 Å². The van der Waals surface area contributed by atoms with E-state index in [0.29, 0.717) is 22.8 Å². The molecule has 1 aliphatic rings. The van der Waals surface area contributed by atoms with Crippen LogP contribution in [-0.4, -0.2) is 37.6 Å². The van der Waals surface area contributed by atoms with Crippen molar-refractivity contribution in [3.8, 4) is 5.75 Å². The Bertz CT molecular complexity index is 1170. The van der Waals surface area contributed by atoms with Gasteiger partial charge in [0.1, 0.15) is 12.4 Å². The third kappa shape index (κ3) is 6.83. The van der Waals surface area contributed by atoms with Crippen molar-refractivity contribution >= 4 is 22.2 Å². The number of halogens is 1. The first-order valence-corrected chi connectivity index (χ1v) is 13.0. The van der Waals surface area contributed by atoms with Gasteiger partial charge < -0.3 is 9.84 Å². The van der Waals surface area contributed by atoms with Crippen molar-refractivity contribution in [2.45, 2.75) is 49.6 Å². The zero-order valence-corrected chi connectivity index (χ0v) is 21.0. The molecule has 182 valence electrons. The molecule has 0 bridgehead atoms. The molecule has 0 saturated carbocycles. The molecule has 0 radical (unpaired) electrons. The van der Waals surface area contributed by atoms with Crippen molar-refractivity contribution in [1.29, 1.82) is 0 Å². The van der Waals surface area contributed by atoms with Gasteiger partial charge in [-0.1, -0.05) is 48.5 Å². The van der Waals surface area contributed by atoms with Gasteiger partial charge in [-0.2, -0.15) is 0 Å². The summed E-state index contributed by atoms with van der Waals surface area (Å²) in [6.45, 7) is 4.46. The summed E-state index contributed by atoms with van der Waals surface area (Å²) in [4.78, 5) is 2.66. The van der Waals surface area contributed by atoms with E-state index in [4.69, 9.17) is 4.74 Å². The predicted molar refractivity (Wildman–Crippen MR) is 137 cm³/mol. The van der Waals surface area contributed by atoms with Gasteiger partial charge in [0.15, 0.2) is 9.84 Å². The zero-order valence-electron chi connectivity index (χ0n) is 19.4. The van der Waals surface area contributed by atoms with E-state index in [2.05, 4.69) is 29.2 Å². The number of aryl methyl sites for hydroxylation is 1. The maximum absolute atomic E-state index is 12.7. The second-order valence-corrected chi connectivity index (χ2v) is 10.8. The highest BCUT2D eigenvalue weighted by molar-refractivity contribution is 7.90. The average Bonchev–Trinajstić information content (AvgIpc) is 3.25. The molecule has 1 saturated heterocycles. The Balaban J connectivity index is 0.00000324. The van der Waals surface area contributed by atoms with Gasteiger partial charge in [0.05, 0.1) is 17.3 Å². The number of sulfone groups is 1. The van der Waals surface area contributed by atoms with Gasteiger partial charge in [0.25, 0.3) is 0 Å². The van der Waals surface area contributed by atoms with Crippen LogP contribution in [0, 0.1) is 6.92 Å². The van der Waals surface area contributed by atoms with Gasteiger partial charge in [-0.3, -0.25) is 4.90 Å². The average molecular weight is 502 g/mol. The highest BCUT2D eigenvalue weighted by Crippen LogP contribution is 2.23. The molecule has 0 spiro atoms. The van der Waals surface area contributed by atoms with Gasteiger partial charge >= 0.3 is 0 Å². The van der Waals surface area contributed by atoms with E-state index in [9.17, 15) is 13.5 Å². The lowest BCUT2D eigenvalue weighted by molar-refractivity contribution is 0.153. The largest absolute Gasteiger partial charge is 0.489 e.